The molecule has 98 valence electrons. The van der Waals surface area contributed by atoms with Crippen molar-refractivity contribution in [2.45, 2.75) is 26.2 Å². The molecule has 1 heteroatoms. The predicted molar refractivity (Wildman–Crippen MR) is 88.1 cm³/mol. The van der Waals surface area contributed by atoms with Gasteiger partial charge in [-0.2, -0.15) is 0 Å². The van der Waals surface area contributed by atoms with Crippen molar-refractivity contribution in [3.8, 4) is 0 Å². The highest BCUT2D eigenvalue weighted by molar-refractivity contribution is 9.10. The summed E-state index contributed by atoms with van der Waals surface area (Å²) in [4.78, 5) is 0. The average molecular weight is 315 g/mol. The van der Waals surface area contributed by atoms with Gasteiger partial charge < -0.3 is 0 Å². The van der Waals surface area contributed by atoms with Crippen LogP contribution in [0.2, 0.25) is 0 Å². The molecule has 2 aromatic rings. The molecule has 0 aromatic heterocycles. The molecule has 0 fully saturated rings. The molecular formula is C18H19Br. The second-order valence-corrected chi connectivity index (χ2v) is 5.65. The third kappa shape index (κ3) is 4.68. The maximum absolute atomic E-state index is 3.45. The van der Waals surface area contributed by atoms with Crippen LogP contribution in [0.25, 0.3) is 12.2 Å². The molecule has 0 aliphatic carbocycles. The zero-order valence-electron chi connectivity index (χ0n) is 11.3. The second-order valence-electron chi connectivity index (χ2n) is 4.73. The summed E-state index contributed by atoms with van der Waals surface area (Å²) in [7, 11) is 0. The molecule has 0 saturated heterocycles. The van der Waals surface area contributed by atoms with Gasteiger partial charge >= 0.3 is 0 Å². The second kappa shape index (κ2) is 7.30. The van der Waals surface area contributed by atoms with Crippen molar-refractivity contribution >= 4 is 28.1 Å². The Bertz CT molecular complexity index is 521. The van der Waals surface area contributed by atoms with E-state index in [1.54, 1.807) is 0 Å². The van der Waals surface area contributed by atoms with E-state index >= 15 is 0 Å². The number of rotatable bonds is 5. The number of benzene rings is 2. The van der Waals surface area contributed by atoms with Crippen molar-refractivity contribution in [1.29, 1.82) is 0 Å². The van der Waals surface area contributed by atoms with E-state index < -0.39 is 0 Å². The Kier molecular flexibility index (Phi) is 5.41. The highest BCUT2D eigenvalue weighted by atomic mass is 79.9. The molecule has 2 rings (SSSR count). The van der Waals surface area contributed by atoms with Crippen LogP contribution >= 0.6 is 15.9 Å². The van der Waals surface area contributed by atoms with E-state index in [0.29, 0.717) is 0 Å². The van der Waals surface area contributed by atoms with Crippen molar-refractivity contribution in [2.24, 2.45) is 0 Å². The fraction of sp³-hybridized carbons (Fsp3) is 0.222. The van der Waals surface area contributed by atoms with E-state index in [2.05, 4.69) is 83.5 Å². The van der Waals surface area contributed by atoms with E-state index in [9.17, 15) is 0 Å². The number of halogens is 1. The molecule has 2 aromatic carbocycles. The Labute approximate surface area is 124 Å². The van der Waals surface area contributed by atoms with Gasteiger partial charge in [0.25, 0.3) is 0 Å². The summed E-state index contributed by atoms with van der Waals surface area (Å²) in [5.41, 5.74) is 3.91. The minimum atomic E-state index is 1.12. The number of hydrogen-bond donors (Lipinski definition) is 0. The van der Waals surface area contributed by atoms with Crippen molar-refractivity contribution in [3.05, 3.63) is 69.7 Å². The van der Waals surface area contributed by atoms with E-state index in [1.165, 1.54) is 36.0 Å². The van der Waals surface area contributed by atoms with Crippen LogP contribution in [-0.2, 0) is 6.42 Å². The van der Waals surface area contributed by atoms with Crippen LogP contribution in [0.4, 0.5) is 0 Å². The van der Waals surface area contributed by atoms with E-state index in [-0.39, 0.29) is 0 Å². The summed E-state index contributed by atoms with van der Waals surface area (Å²) in [6.45, 7) is 2.23. The number of unbranched alkanes of at least 4 members (excludes halogenated alkanes) is 1. The molecule has 0 amide bonds. The van der Waals surface area contributed by atoms with Gasteiger partial charge in [-0.15, -0.1) is 0 Å². The lowest BCUT2D eigenvalue weighted by molar-refractivity contribution is 0.795. The van der Waals surface area contributed by atoms with Gasteiger partial charge in [0.15, 0.2) is 0 Å². The molecule has 0 aliphatic rings. The zero-order chi connectivity index (χ0) is 13.5. The molecule has 0 nitrogen and oxygen atoms in total. The Balaban J connectivity index is 2.00. The number of hydrogen-bond acceptors (Lipinski definition) is 0. The first kappa shape index (κ1) is 14.1. The summed E-state index contributed by atoms with van der Waals surface area (Å²) in [5, 5.41) is 0. The fourth-order valence-electron chi connectivity index (χ4n) is 1.94. The zero-order valence-corrected chi connectivity index (χ0v) is 12.9. The van der Waals surface area contributed by atoms with E-state index in [4.69, 9.17) is 0 Å². The summed E-state index contributed by atoms with van der Waals surface area (Å²) in [6.07, 6.45) is 8.02. The van der Waals surface area contributed by atoms with Gasteiger partial charge in [-0.05, 0) is 41.7 Å². The average Bonchev–Trinajstić information content (AvgIpc) is 2.46. The van der Waals surface area contributed by atoms with Crippen LogP contribution < -0.4 is 0 Å². The Hall–Kier alpha value is -1.34. The molecule has 0 N–H and O–H groups in total. The lowest BCUT2D eigenvalue weighted by Gasteiger charge is -2.00. The molecule has 0 heterocycles. The van der Waals surface area contributed by atoms with Gasteiger partial charge in [-0.3, -0.25) is 0 Å². The Morgan fingerprint density at radius 3 is 1.89 bits per heavy atom. The minimum Gasteiger partial charge on any atom is -0.0654 e. The largest absolute Gasteiger partial charge is 0.0654 e. The van der Waals surface area contributed by atoms with Crippen molar-refractivity contribution < 1.29 is 0 Å². The highest BCUT2D eigenvalue weighted by Gasteiger charge is 1.93. The van der Waals surface area contributed by atoms with Crippen molar-refractivity contribution in [3.63, 3.8) is 0 Å². The summed E-state index contributed by atoms with van der Waals surface area (Å²) < 4.78 is 1.12. The Morgan fingerprint density at radius 1 is 0.842 bits per heavy atom. The summed E-state index contributed by atoms with van der Waals surface area (Å²) >= 11 is 3.45. The normalized spacial score (nSPS) is 11.1. The molecule has 0 saturated carbocycles. The highest BCUT2D eigenvalue weighted by Crippen LogP contribution is 2.14. The molecular weight excluding hydrogens is 296 g/mol. The van der Waals surface area contributed by atoms with E-state index in [1.807, 2.05) is 0 Å². The van der Waals surface area contributed by atoms with Crippen LogP contribution in [-0.4, -0.2) is 0 Å². The molecule has 0 radical (unpaired) electrons. The van der Waals surface area contributed by atoms with Gasteiger partial charge in [0, 0.05) is 4.47 Å². The monoisotopic (exact) mass is 314 g/mol. The maximum atomic E-state index is 3.45. The first-order chi connectivity index (χ1) is 9.28. The molecule has 0 unspecified atom stereocenters. The van der Waals surface area contributed by atoms with Gasteiger partial charge in [0.2, 0.25) is 0 Å². The van der Waals surface area contributed by atoms with Crippen molar-refractivity contribution in [2.75, 3.05) is 0 Å². The lowest BCUT2D eigenvalue weighted by Crippen LogP contribution is -1.84. The van der Waals surface area contributed by atoms with Gasteiger partial charge in [0.05, 0.1) is 0 Å². The third-order valence-corrected chi connectivity index (χ3v) is 3.67. The minimum absolute atomic E-state index is 1.12. The predicted octanol–water partition coefficient (Wildman–Crippen LogP) is 5.96. The summed E-state index contributed by atoms with van der Waals surface area (Å²) in [6, 6.07) is 17.2. The molecule has 0 spiro atoms. The molecule has 0 bridgehead atoms. The third-order valence-electron chi connectivity index (χ3n) is 3.14. The Morgan fingerprint density at radius 2 is 1.37 bits per heavy atom. The summed E-state index contributed by atoms with van der Waals surface area (Å²) in [5.74, 6) is 0. The van der Waals surface area contributed by atoms with Crippen LogP contribution in [0.3, 0.4) is 0 Å². The van der Waals surface area contributed by atoms with Crippen LogP contribution in [0.5, 0.6) is 0 Å². The first-order valence-electron chi connectivity index (χ1n) is 6.80. The first-order valence-corrected chi connectivity index (χ1v) is 7.60. The van der Waals surface area contributed by atoms with Crippen LogP contribution in [0.15, 0.2) is 53.0 Å². The SMILES string of the molecule is CCCCc1ccc(/C=C/c2ccc(Br)cc2)cc1. The lowest BCUT2D eigenvalue weighted by atomic mass is 10.1. The quantitative estimate of drug-likeness (QED) is 0.597. The van der Waals surface area contributed by atoms with Gasteiger partial charge in [-0.25, -0.2) is 0 Å². The van der Waals surface area contributed by atoms with E-state index in [0.717, 1.165) is 4.47 Å². The van der Waals surface area contributed by atoms with Crippen LogP contribution in [0, 0.1) is 0 Å². The number of aryl methyl sites for hydroxylation is 1. The van der Waals surface area contributed by atoms with Gasteiger partial charge in [-0.1, -0.05) is 77.8 Å². The smallest absolute Gasteiger partial charge is 0.0175 e. The molecule has 0 atom stereocenters. The van der Waals surface area contributed by atoms with Crippen LogP contribution in [0.1, 0.15) is 36.5 Å². The van der Waals surface area contributed by atoms with Crippen molar-refractivity contribution in [1.82, 2.24) is 0 Å². The standard InChI is InChI=1S/C18H19Br/c1-2-3-4-15-5-7-16(8-6-15)9-10-17-11-13-18(19)14-12-17/h5-14H,2-4H2,1H3/b10-9+. The topological polar surface area (TPSA) is 0 Å². The van der Waals surface area contributed by atoms with Gasteiger partial charge in [0.1, 0.15) is 0 Å². The molecule has 19 heavy (non-hydrogen) atoms. The molecule has 0 aliphatic heterocycles. The fourth-order valence-corrected chi connectivity index (χ4v) is 2.21. The maximum Gasteiger partial charge on any atom is 0.0175 e.